The summed E-state index contributed by atoms with van der Waals surface area (Å²) in [6.07, 6.45) is 3.95. The maximum atomic E-state index is 12.3. The molecule has 3 aromatic heterocycles. The Balaban J connectivity index is 1.25. The number of hydrogen-bond acceptors (Lipinski definition) is 8. The van der Waals surface area contributed by atoms with E-state index in [2.05, 4.69) is 40.9 Å². The molecular weight excluding hydrogens is 428 g/mol. The molecule has 1 fully saturated rings. The highest BCUT2D eigenvalue weighted by atomic mass is 16.1. The molecule has 1 aromatic carbocycles. The summed E-state index contributed by atoms with van der Waals surface area (Å²) in [5.74, 6) is 2.41. The third-order valence-electron chi connectivity index (χ3n) is 5.43. The van der Waals surface area contributed by atoms with Crippen LogP contribution in [0.2, 0.25) is 0 Å². The minimum atomic E-state index is -0.0504. The molecule has 0 spiro atoms. The third kappa shape index (κ3) is 5.21. The van der Waals surface area contributed by atoms with Gasteiger partial charge in [0.05, 0.1) is 6.04 Å². The van der Waals surface area contributed by atoms with Crippen molar-refractivity contribution in [2.75, 3.05) is 18.4 Å². The van der Waals surface area contributed by atoms with Crippen molar-refractivity contribution in [2.24, 2.45) is 0 Å². The maximum absolute atomic E-state index is 12.3. The number of aryl methyl sites for hydroxylation is 1. The molecule has 1 amide bonds. The lowest BCUT2D eigenvalue weighted by Crippen LogP contribution is -2.56. The van der Waals surface area contributed by atoms with Crippen molar-refractivity contribution < 1.29 is 4.79 Å². The molecule has 3 N–H and O–H groups in total. The van der Waals surface area contributed by atoms with Crippen molar-refractivity contribution in [3.63, 3.8) is 0 Å². The van der Waals surface area contributed by atoms with Gasteiger partial charge < -0.3 is 16.0 Å². The molecule has 0 saturated carbocycles. The molecule has 1 saturated heterocycles. The molecule has 4 aromatic rings. The van der Waals surface area contributed by atoms with E-state index in [4.69, 9.17) is 0 Å². The molecule has 4 heterocycles. The monoisotopic (exact) mass is 452 g/mol. The lowest BCUT2D eigenvalue weighted by molar-refractivity contribution is 0.0924. The summed E-state index contributed by atoms with van der Waals surface area (Å²) in [4.78, 5) is 34.7. The zero-order valence-corrected chi connectivity index (χ0v) is 18.7. The standard InChI is InChI=1S/C25H24N8O/c1-16-3-2-4-20(29-16)24-28-12-10-22(33-24)31-21-9-11-27-23(32-21)13-17-5-7-18(8-6-17)25(34)30-19-14-26-15-19/h2-12,19,26H,13-15H2,1H3,(H,30,34)(H,27,28,31,32,33). The Kier molecular flexibility index (Phi) is 6.17. The molecule has 5 rings (SSSR count). The van der Waals surface area contributed by atoms with E-state index in [0.29, 0.717) is 41.0 Å². The Morgan fingerprint density at radius 1 is 0.941 bits per heavy atom. The molecule has 0 bridgehead atoms. The van der Waals surface area contributed by atoms with E-state index in [1.54, 1.807) is 24.5 Å². The lowest BCUT2D eigenvalue weighted by Gasteiger charge is -2.27. The maximum Gasteiger partial charge on any atom is 0.251 e. The number of aromatic nitrogens is 5. The molecule has 0 atom stereocenters. The molecule has 34 heavy (non-hydrogen) atoms. The smallest absolute Gasteiger partial charge is 0.251 e. The van der Waals surface area contributed by atoms with E-state index in [9.17, 15) is 4.79 Å². The molecule has 1 aliphatic rings. The molecule has 0 unspecified atom stereocenters. The molecule has 0 aliphatic carbocycles. The van der Waals surface area contributed by atoms with Crippen LogP contribution in [0.15, 0.2) is 67.0 Å². The second kappa shape index (κ2) is 9.72. The van der Waals surface area contributed by atoms with E-state index in [1.807, 2.05) is 49.4 Å². The van der Waals surface area contributed by atoms with Gasteiger partial charge in [-0.25, -0.2) is 24.9 Å². The second-order valence-electron chi connectivity index (χ2n) is 8.12. The van der Waals surface area contributed by atoms with Gasteiger partial charge in [0, 0.05) is 43.2 Å². The summed E-state index contributed by atoms with van der Waals surface area (Å²) in [5, 5.41) is 9.36. The summed E-state index contributed by atoms with van der Waals surface area (Å²) < 4.78 is 0. The Morgan fingerprint density at radius 3 is 2.44 bits per heavy atom. The number of benzene rings is 1. The van der Waals surface area contributed by atoms with Gasteiger partial charge in [-0.05, 0) is 48.9 Å². The van der Waals surface area contributed by atoms with Gasteiger partial charge in [-0.3, -0.25) is 4.79 Å². The van der Waals surface area contributed by atoms with Crippen LogP contribution in [0.25, 0.3) is 11.5 Å². The summed E-state index contributed by atoms with van der Waals surface area (Å²) in [6.45, 7) is 3.58. The highest BCUT2D eigenvalue weighted by Crippen LogP contribution is 2.17. The van der Waals surface area contributed by atoms with Gasteiger partial charge in [0.15, 0.2) is 5.82 Å². The quantitative estimate of drug-likeness (QED) is 0.392. The van der Waals surface area contributed by atoms with Crippen LogP contribution < -0.4 is 16.0 Å². The Morgan fingerprint density at radius 2 is 1.71 bits per heavy atom. The van der Waals surface area contributed by atoms with Crippen molar-refractivity contribution in [3.05, 3.63) is 89.6 Å². The van der Waals surface area contributed by atoms with Crippen LogP contribution in [-0.4, -0.2) is 50.0 Å². The van der Waals surface area contributed by atoms with Crippen molar-refractivity contribution in [1.29, 1.82) is 0 Å². The van der Waals surface area contributed by atoms with Crippen LogP contribution in [0.5, 0.6) is 0 Å². The number of anilines is 2. The summed E-state index contributed by atoms with van der Waals surface area (Å²) >= 11 is 0. The number of carbonyl (C=O) groups excluding carboxylic acids is 1. The second-order valence-corrected chi connectivity index (χ2v) is 8.12. The summed E-state index contributed by atoms with van der Waals surface area (Å²) in [6, 6.07) is 17.1. The van der Waals surface area contributed by atoms with Crippen LogP contribution >= 0.6 is 0 Å². The van der Waals surface area contributed by atoms with E-state index < -0.39 is 0 Å². The summed E-state index contributed by atoms with van der Waals surface area (Å²) in [5.41, 5.74) is 3.29. The van der Waals surface area contributed by atoms with E-state index in [-0.39, 0.29) is 11.9 Å². The number of rotatable bonds is 7. The Hall–Kier alpha value is -4.24. The predicted octanol–water partition coefficient (Wildman–Crippen LogP) is 2.67. The molecule has 1 aliphatic heterocycles. The van der Waals surface area contributed by atoms with Gasteiger partial charge in [0.25, 0.3) is 5.91 Å². The van der Waals surface area contributed by atoms with Crippen LogP contribution in [-0.2, 0) is 6.42 Å². The average Bonchev–Trinajstić information content (AvgIpc) is 2.82. The van der Waals surface area contributed by atoms with Crippen LogP contribution in [0, 0.1) is 6.92 Å². The normalized spacial score (nSPS) is 13.2. The fourth-order valence-electron chi connectivity index (χ4n) is 3.52. The first-order valence-electron chi connectivity index (χ1n) is 11.1. The number of amides is 1. The zero-order chi connectivity index (χ0) is 23.3. The number of nitrogens with one attached hydrogen (secondary N) is 3. The first-order chi connectivity index (χ1) is 16.6. The lowest BCUT2D eigenvalue weighted by atomic mass is 10.1. The van der Waals surface area contributed by atoms with Crippen molar-refractivity contribution in [2.45, 2.75) is 19.4 Å². The Labute approximate surface area is 197 Å². The zero-order valence-electron chi connectivity index (χ0n) is 18.7. The largest absolute Gasteiger partial charge is 0.347 e. The van der Waals surface area contributed by atoms with Crippen molar-refractivity contribution in [3.8, 4) is 11.5 Å². The third-order valence-corrected chi connectivity index (χ3v) is 5.43. The predicted molar refractivity (Wildman–Crippen MR) is 129 cm³/mol. The molecule has 9 nitrogen and oxygen atoms in total. The number of hydrogen-bond donors (Lipinski definition) is 3. The SMILES string of the molecule is Cc1cccc(-c2nccc(Nc3ccnc(Cc4ccc(C(=O)NC5CNC5)cc4)n3)n2)n1. The van der Waals surface area contributed by atoms with Gasteiger partial charge in [-0.1, -0.05) is 18.2 Å². The van der Waals surface area contributed by atoms with Gasteiger partial charge in [0.1, 0.15) is 23.2 Å². The highest BCUT2D eigenvalue weighted by molar-refractivity contribution is 5.94. The highest BCUT2D eigenvalue weighted by Gasteiger charge is 2.19. The number of carbonyl (C=O) groups is 1. The van der Waals surface area contributed by atoms with Gasteiger partial charge in [0.2, 0.25) is 0 Å². The number of nitrogens with zero attached hydrogens (tertiary/aromatic N) is 5. The van der Waals surface area contributed by atoms with Crippen molar-refractivity contribution in [1.82, 2.24) is 35.6 Å². The minimum Gasteiger partial charge on any atom is -0.347 e. The topological polar surface area (TPSA) is 118 Å². The molecule has 0 radical (unpaired) electrons. The fraction of sp³-hybridized carbons (Fsp3) is 0.200. The first kappa shape index (κ1) is 21.6. The Bertz CT molecular complexity index is 1300. The molecular formula is C25H24N8O. The minimum absolute atomic E-state index is 0.0504. The van der Waals surface area contributed by atoms with E-state index in [0.717, 1.165) is 24.3 Å². The summed E-state index contributed by atoms with van der Waals surface area (Å²) in [7, 11) is 0. The van der Waals surface area contributed by atoms with E-state index in [1.165, 1.54) is 0 Å². The van der Waals surface area contributed by atoms with Crippen LogP contribution in [0.1, 0.15) is 27.4 Å². The number of pyridine rings is 1. The fourth-order valence-corrected chi connectivity index (χ4v) is 3.52. The molecule has 9 heteroatoms. The van der Waals surface area contributed by atoms with E-state index >= 15 is 0 Å². The van der Waals surface area contributed by atoms with Gasteiger partial charge in [-0.2, -0.15) is 0 Å². The van der Waals surface area contributed by atoms with Crippen LogP contribution in [0.4, 0.5) is 11.6 Å². The van der Waals surface area contributed by atoms with Gasteiger partial charge in [-0.15, -0.1) is 0 Å². The average molecular weight is 453 g/mol. The molecule has 170 valence electrons. The van der Waals surface area contributed by atoms with Gasteiger partial charge >= 0.3 is 0 Å². The first-order valence-corrected chi connectivity index (χ1v) is 11.1. The van der Waals surface area contributed by atoms with Crippen molar-refractivity contribution >= 4 is 17.5 Å². The van der Waals surface area contributed by atoms with Crippen LogP contribution in [0.3, 0.4) is 0 Å².